The molecule has 0 fully saturated rings. The van der Waals surface area contributed by atoms with Crippen molar-refractivity contribution in [3.8, 4) is 0 Å². The zero-order valence-corrected chi connectivity index (χ0v) is 10.2. The van der Waals surface area contributed by atoms with E-state index in [1.165, 1.54) is 6.07 Å². The van der Waals surface area contributed by atoms with Crippen LogP contribution < -0.4 is 0 Å². The maximum absolute atomic E-state index is 13.2. The molecule has 12 heavy (non-hydrogen) atoms. The molecule has 1 atom stereocenters. The highest BCUT2D eigenvalue weighted by Crippen LogP contribution is 2.31. The van der Waals surface area contributed by atoms with Gasteiger partial charge in [-0.25, -0.2) is 4.39 Å². The van der Waals surface area contributed by atoms with Gasteiger partial charge >= 0.3 is 0 Å². The van der Waals surface area contributed by atoms with Crippen molar-refractivity contribution in [1.29, 1.82) is 0 Å². The predicted octanol–water partition coefficient (Wildman–Crippen LogP) is 4.70. The summed E-state index contributed by atoms with van der Waals surface area (Å²) in [6.45, 7) is 1.85. The number of rotatable bonds is 1. The third kappa shape index (κ3) is 2.21. The molecule has 66 valence electrons. The van der Waals surface area contributed by atoms with Gasteiger partial charge in [-0.1, -0.05) is 27.5 Å². The first-order chi connectivity index (χ1) is 5.52. The summed E-state index contributed by atoms with van der Waals surface area (Å²) in [4.78, 5) is -0.0249. The van der Waals surface area contributed by atoms with Crippen molar-refractivity contribution < 1.29 is 4.39 Å². The molecule has 0 heterocycles. The Morgan fingerprint density at radius 2 is 2.08 bits per heavy atom. The molecule has 0 aliphatic heterocycles. The summed E-state index contributed by atoms with van der Waals surface area (Å²) in [5.41, 5.74) is 0.572. The molecule has 1 aromatic rings. The van der Waals surface area contributed by atoms with E-state index in [4.69, 9.17) is 11.6 Å². The van der Waals surface area contributed by atoms with Gasteiger partial charge in [0.25, 0.3) is 0 Å². The van der Waals surface area contributed by atoms with Crippen molar-refractivity contribution in [3.63, 3.8) is 0 Å². The van der Waals surface area contributed by atoms with Crippen LogP contribution in [0, 0.1) is 5.82 Å². The Morgan fingerprint density at radius 1 is 1.50 bits per heavy atom. The summed E-state index contributed by atoms with van der Waals surface area (Å²) >= 11 is 12.2. The Balaban J connectivity index is 3.23. The van der Waals surface area contributed by atoms with E-state index in [2.05, 4.69) is 31.9 Å². The van der Waals surface area contributed by atoms with Crippen LogP contribution in [0.15, 0.2) is 16.6 Å². The van der Waals surface area contributed by atoms with E-state index in [1.54, 1.807) is 6.07 Å². The highest BCUT2D eigenvalue weighted by molar-refractivity contribution is 9.10. The first-order valence-corrected chi connectivity index (χ1v) is 5.39. The van der Waals surface area contributed by atoms with Gasteiger partial charge in [0, 0.05) is 14.9 Å². The summed E-state index contributed by atoms with van der Waals surface area (Å²) in [5, 5.41) is 0.526. The summed E-state index contributed by atoms with van der Waals surface area (Å²) in [7, 11) is 0. The molecule has 1 aromatic carbocycles. The molecule has 0 amide bonds. The zero-order chi connectivity index (χ0) is 9.30. The normalized spacial score (nSPS) is 13.1. The standard InChI is InChI=1S/C8H6Br2ClF/c1-4(9)5-2-7(11)6(10)3-8(5)12/h2-4H,1H3. The minimum atomic E-state index is -0.254. The van der Waals surface area contributed by atoms with Gasteiger partial charge in [-0.15, -0.1) is 0 Å². The Kier molecular flexibility index (Phi) is 3.56. The van der Waals surface area contributed by atoms with Crippen molar-refractivity contribution in [2.45, 2.75) is 11.8 Å². The average Bonchev–Trinajstić information content (AvgIpc) is 1.96. The van der Waals surface area contributed by atoms with Crippen LogP contribution in [0.25, 0.3) is 0 Å². The van der Waals surface area contributed by atoms with Crippen molar-refractivity contribution >= 4 is 43.5 Å². The Bertz CT molecular complexity index is 299. The molecule has 0 saturated heterocycles. The molecule has 0 nitrogen and oxygen atoms in total. The van der Waals surface area contributed by atoms with E-state index in [0.717, 1.165) is 0 Å². The summed E-state index contributed by atoms with van der Waals surface area (Å²) < 4.78 is 13.7. The van der Waals surface area contributed by atoms with E-state index < -0.39 is 0 Å². The number of benzene rings is 1. The van der Waals surface area contributed by atoms with Gasteiger partial charge in [0.2, 0.25) is 0 Å². The molecule has 1 unspecified atom stereocenters. The van der Waals surface area contributed by atoms with Gasteiger partial charge in [-0.3, -0.25) is 0 Å². The van der Waals surface area contributed by atoms with Gasteiger partial charge in [-0.05, 0) is 35.0 Å². The molecular weight excluding hydrogens is 310 g/mol. The lowest BCUT2D eigenvalue weighted by molar-refractivity contribution is 0.611. The molecular formula is C8H6Br2ClF. The Morgan fingerprint density at radius 3 is 2.58 bits per heavy atom. The van der Waals surface area contributed by atoms with E-state index in [0.29, 0.717) is 15.1 Å². The van der Waals surface area contributed by atoms with Crippen molar-refractivity contribution in [1.82, 2.24) is 0 Å². The second-order valence-corrected chi connectivity index (χ2v) is 5.04. The molecule has 4 heteroatoms. The monoisotopic (exact) mass is 314 g/mol. The van der Waals surface area contributed by atoms with Crippen LogP contribution in [-0.4, -0.2) is 0 Å². The van der Waals surface area contributed by atoms with Crippen LogP contribution >= 0.6 is 43.5 Å². The fourth-order valence-corrected chi connectivity index (χ4v) is 1.68. The van der Waals surface area contributed by atoms with Crippen LogP contribution in [0.2, 0.25) is 5.02 Å². The van der Waals surface area contributed by atoms with Gasteiger partial charge in [0.1, 0.15) is 5.82 Å². The summed E-state index contributed by atoms with van der Waals surface area (Å²) in [6, 6.07) is 2.98. The van der Waals surface area contributed by atoms with Crippen molar-refractivity contribution in [2.75, 3.05) is 0 Å². The first-order valence-electron chi connectivity index (χ1n) is 3.31. The lowest BCUT2D eigenvalue weighted by Crippen LogP contribution is -1.90. The molecule has 0 aromatic heterocycles. The molecule has 0 bridgehead atoms. The third-order valence-electron chi connectivity index (χ3n) is 1.47. The number of hydrogen-bond donors (Lipinski definition) is 0. The van der Waals surface area contributed by atoms with Gasteiger partial charge < -0.3 is 0 Å². The number of halogens is 4. The smallest absolute Gasteiger partial charge is 0.128 e. The molecule has 0 saturated carbocycles. The number of hydrogen-bond acceptors (Lipinski definition) is 0. The van der Waals surface area contributed by atoms with E-state index >= 15 is 0 Å². The maximum atomic E-state index is 13.2. The number of alkyl halides is 1. The topological polar surface area (TPSA) is 0 Å². The highest BCUT2D eigenvalue weighted by Gasteiger charge is 2.10. The maximum Gasteiger partial charge on any atom is 0.128 e. The molecule has 0 spiro atoms. The fraction of sp³-hybridized carbons (Fsp3) is 0.250. The SMILES string of the molecule is CC(Br)c1cc(Cl)c(Br)cc1F. The average molecular weight is 316 g/mol. The highest BCUT2D eigenvalue weighted by atomic mass is 79.9. The van der Waals surface area contributed by atoms with Gasteiger partial charge in [0.05, 0.1) is 5.02 Å². The summed E-state index contributed by atoms with van der Waals surface area (Å²) in [5.74, 6) is -0.254. The lowest BCUT2D eigenvalue weighted by atomic mass is 10.1. The van der Waals surface area contributed by atoms with Gasteiger partial charge in [-0.2, -0.15) is 0 Å². The van der Waals surface area contributed by atoms with E-state index in [1.807, 2.05) is 6.92 Å². The van der Waals surface area contributed by atoms with Crippen LogP contribution in [0.3, 0.4) is 0 Å². The van der Waals surface area contributed by atoms with Gasteiger partial charge in [0.15, 0.2) is 0 Å². The summed E-state index contributed by atoms with van der Waals surface area (Å²) in [6.07, 6.45) is 0. The van der Waals surface area contributed by atoms with Crippen LogP contribution in [0.1, 0.15) is 17.3 Å². The Labute approximate surface area is 92.4 Å². The molecule has 0 aliphatic rings. The zero-order valence-electron chi connectivity index (χ0n) is 6.24. The van der Waals surface area contributed by atoms with Crippen molar-refractivity contribution in [2.24, 2.45) is 0 Å². The van der Waals surface area contributed by atoms with Crippen LogP contribution in [-0.2, 0) is 0 Å². The van der Waals surface area contributed by atoms with E-state index in [9.17, 15) is 4.39 Å². The third-order valence-corrected chi connectivity index (χ3v) is 3.16. The first kappa shape index (κ1) is 10.5. The minimum Gasteiger partial charge on any atom is -0.207 e. The van der Waals surface area contributed by atoms with Crippen LogP contribution in [0.4, 0.5) is 4.39 Å². The molecule has 0 aliphatic carbocycles. The molecule has 1 rings (SSSR count). The molecule has 0 N–H and O–H groups in total. The minimum absolute atomic E-state index is 0.0249. The fourth-order valence-electron chi connectivity index (χ4n) is 0.843. The van der Waals surface area contributed by atoms with Crippen molar-refractivity contribution in [3.05, 3.63) is 33.0 Å². The Hall–Kier alpha value is 0.400. The van der Waals surface area contributed by atoms with Crippen LogP contribution in [0.5, 0.6) is 0 Å². The van der Waals surface area contributed by atoms with E-state index in [-0.39, 0.29) is 10.6 Å². The second kappa shape index (κ2) is 4.07. The molecule has 0 radical (unpaired) electrons. The second-order valence-electron chi connectivity index (χ2n) is 2.40. The quantitative estimate of drug-likeness (QED) is 0.520. The largest absolute Gasteiger partial charge is 0.207 e. The predicted molar refractivity (Wildman–Crippen MR) is 56.5 cm³/mol. The lowest BCUT2D eigenvalue weighted by Gasteiger charge is -2.06.